The first-order chi connectivity index (χ1) is 8.78. The smallest absolute Gasteiger partial charge is 0.305 e. The maximum absolute atomic E-state index is 11.5. The van der Waals surface area contributed by atoms with Gasteiger partial charge in [0.1, 0.15) is 0 Å². The number of thioether (sulfide) groups is 1. The molecule has 18 heavy (non-hydrogen) atoms. The molecule has 0 spiro atoms. The molecule has 2 heterocycles. The predicted octanol–water partition coefficient (Wildman–Crippen LogP) is 2.96. The van der Waals surface area contributed by atoms with Crippen LogP contribution in [0.3, 0.4) is 0 Å². The Balaban J connectivity index is 2.09. The number of rotatable bonds is 1. The highest BCUT2D eigenvalue weighted by Gasteiger charge is 2.31. The van der Waals surface area contributed by atoms with Crippen molar-refractivity contribution in [2.75, 3.05) is 0 Å². The van der Waals surface area contributed by atoms with E-state index in [0.717, 1.165) is 16.3 Å². The standard InChI is InChI=1S/C13H10N2OS2/c14-7-9-6-10(8-4-2-1-3-5-8)11-12(17-9)15-13(16)18-11/h1-5,9-10H,6H2,(H,15,16)/t9-,10+/m1/s1. The van der Waals surface area contributed by atoms with Crippen LogP contribution in [0.5, 0.6) is 0 Å². The Morgan fingerprint density at radius 1 is 1.33 bits per heavy atom. The summed E-state index contributed by atoms with van der Waals surface area (Å²) in [5.41, 5.74) is 1.18. The SMILES string of the molecule is N#C[C@H]1C[C@@H](c2ccccc2)c2sc(=O)[nH]c2S1. The molecule has 5 heteroatoms. The van der Waals surface area contributed by atoms with Gasteiger partial charge in [-0.1, -0.05) is 53.4 Å². The zero-order valence-electron chi connectivity index (χ0n) is 9.42. The molecule has 1 aliphatic rings. The van der Waals surface area contributed by atoms with Crippen molar-refractivity contribution >= 4 is 23.1 Å². The van der Waals surface area contributed by atoms with Crippen molar-refractivity contribution in [2.45, 2.75) is 22.6 Å². The van der Waals surface area contributed by atoms with Gasteiger partial charge in [0.25, 0.3) is 0 Å². The van der Waals surface area contributed by atoms with Gasteiger partial charge in [0, 0.05) is 10.8 Å². The summed E-state index contributed by atoms with van der Waals surface area (Å²) in [6, 6.07) is 12.4. The monoisotopic (exact) mass is 274 g/mol. The lowest BCUT2D eigenvalue weighted by atomic mass is 9.93. The van der Waals surface area contributed by atoms with Crippen LogP contribution in [0.4, 0.5) is 0 Å². The Labute approximate surface area is 112 Å². The molecule has 3 nitrogen and oxygen atoms in total. The Morgan fingerprint density at radius 2 is 2.11 bits per heavy atom. The largest absolute Gasteiger partial charge is 0.307 e. The molecule has 0 saturated heterocycles. The van der Waals surface area contributed by atoms with Gasteiger partial charge in [-0.2, -0.15) is 5.26 Å². The number of benzene rings is 1. The van der Waals surface area contributed by atoms with Gasteiger partial charge in [-0.3, -0.25) is 4.79 Å². The third kappa shape index (κ3) is 1.98. The van der Waals surface area contributed by atoms with E-state index in [1.165, 1.54) is 28.7 Å². The second kappa shape index (κ2) is 4.63. The molecule has 2 atom stereocenters. The molecule has 3 rings (SSSR count). The number of H-pyrrole nitrogens is 1. The van der Waals surface area contributed by atoms with Gasteiger partial charge in [-0.15, -0.1) is 0 Å². The third-order valence-corrected chi connectivity index (χ3v) is 5.28. The van der Waals surface area contributed by atoms with Crippen molar-refractivity contribution in [3.63, 3.8) is 0 Å². The number of nitrogens with zero attached hydrogens (tertiary/aromatic N) is 1. The summed E-state index contributed by atoms with van der Waals surface area (Å²) in [6.07, 6.45) is 0.770. The first-order valence-electron chi connectivity index (χ1n) is 5.62. The van der Waals surface area contributed by atoms with E-state index >= 15 is 0 Å². The fourth-order valence-corrected chi connectivity index (χ4v) is 4.45. The minimum absolute atomic E-state index is 0.0352. The number of thiazole rings is 1. The van der Waals surface area contributed by atoms with Gasteiger partial charge >= 0.3 is 4.87 Å². The van der Waals surface area contributed by atoms with Crippen LogP contribution in [-0.4, -0.2) is 10.2 Å². The second-order valence-corrected chi connectivity index (χ2v) is 6.37. The molecule has 1 aromatic carbocycles. The average molecular weight is 274 g/mol. The molecule has 0 fully saturated rings. The van der Waals surface area contributed by atoms with E-state index in [2.05, 4.69) is 23.2 Å². The Hall–Kier alpha value is -1.51. The van der Waals surface area contributed by atoms with Crippen molar-refractivity contribution in [3.05, 3.63) is 50.4 Å². The quantitative estimate of drug-likeness (QED) is 0.869. The van der Waals surface area contributed by atoms with Crippen molar-refractivity contribution < 1.29 is 0 Å². The normalized spacial score (nSPS) is 22.2. The Kier molecular flexibility index (Phi) is 2.98. The van der Waals surface area contributed by atoms with Crippen LogP contribution in [-0.2, 0) is 0 Å². The number of hydrogen-bond donors (Lipinski definition) is 1. The topological polar surface area (TPSA) is 56.6 Å². The molecule has 0 saturated carbocycles. The number of hydrogen-bond acceptors (Lipinski definition) is 4. The number of fused-ring (bicyclic) bond motifs is 1. The minimum atomic E-state index is -0.0899. The number of nitrogens with one attached hydrogen (secondary N) is 1. The Bertz CT molecular complexity index is 654. The number of aromatic amines is 1. The van der Waals surface area contributed by atoms with Gasteiger partial charge in [0.2, 0.25) is 0 Å². The number of aromatic nitrogens is 1. The highest BCUT2D eigenvalue weighted by molar-refractivity contribution is 8.00. The fraction of sp³-hybridized carbons (Fsp3) is 0.231. The molecule has 0 bridgehead atoms. The molecule has 90 valence electrons. The van der Waals surface area contributed by atoms with E-state index < -0.39 is 0 Å². The van der Waals surface area contributed by atoms with Gasteiger partial charge in [0.05, 0.1) is 16.3 Å². The van der Waals surface area contributed by atoms with E-state index in [-0.39, 0.29) is 16.0 Å². The molecule has 1 aromatic heterocycles. The number of nitriles is 1. The van der Waals surface area contributed by atoms with Crippen molar-refractivity contribution in [3.8, 4) is 6.07 Å². The molecule has 1 N–H and O–H groups in total. The second-order valence-electron chi connectivity index (χ2n) is 4.14. The average Bonchev–Trinajstić information content (AvgIpc) is 2.78. The van der Waals surface area contributed by atoms with Crippen LogP contribution in [0.15, 0.2) is 40.2 Å². The summed E-state index contributed by atoms with van der Waals surface area (Å²) in [5.74, 6) is 0.163. The van der Waals surface area contributed by atoms with E-state index in [0.29, 0.717) is 0 Å². The highest BCUT2D eigenvalue weighted by Crippen LogP contribution is 2.44. The molecule has 0 amide bonds. The van der Waals surface area contributed by atoms with Gasteiger partial charge < -0.3 is 4.98 Å². The molecule has 2 aromatic rings. The lowest BCUT2D eigenvalue weighted by Crippen LogP contribution is -2.14. The van der Waals surface area contributed by atoms with Crippen LogP contribution >= 0.6 is 23.1 Å². The predicted molar refractivity (Wildman–Crippen MR) is 73.1 cm³/mol. The molecule has 1 aliphatic heterocycles. The van der Waals surface area contributed by atoms with Crippen LogP contribution in [0, 0.1) is 11.3 Å². The van der Waals surface area contributed by atoms with Crippen LogP contribution < -0.4 is 4.87 Å². The molecule has 0 aliphatic carbocycles. The summed E-state index contributed by atoms with van der Waals surface area (Å²) < 4.78 is 0. The van der Waals surface area contributed by atoms with E-state index in [1.54, 1.807) is 0 Å². The first-order valence-corrected chi connectivity index (χ1v) is 7.32. The molecule has 0 radical (unpaired) electrons. The third-order valence-electron chi connectivity index (χ3n) is 3.01. The van der Waals surface area contributed by atoms with Crippen molar-refractivity contribution in [1.82, 2.24) is 4.98 Å². The summed E-state index contributed by atoms with van der Waals surface area (Å²) in [5, 5.41) is 9.91. The summed E-state index contributed by atoms with van der Waals surface area (Å²) in [7, 11) is 0. The van der Waals surface area contributed by atoms with E-state index in [9.17, 15) is 4.79 Å². The van der Waals surface area contributed by atoms with Crippen LogP contribution in [0.2, 0.25) is 0 Å². The van der Waals surface area contributed by atoms with Gasteiger partial charge in [-0.05, 0) is 12.0 Å². The van der Waals surface area contributed by atoms with Crippen molar-refractivity contribution in [2.24, 2.45) is 0 Å². The maximum Gasteiger partial charge on any atom is 0.305 e. The summed E-state index contributed by atoms with van der Waals surface area (Å²) in [6.45, 7) is 0. The molecular weight excluding hydrogens is 264 g/mol. The molecular formula is C13H10N2OS2. The van der Waals surface area contributed by atoms with Crippen molar-refractivity contribution in [1.29, 1.82) is 5.26 Å². The lowest BCUT2D eigenvalue weighted by Gasteiger charge is -2.24. The zero-order valence-corrected chi connectivity index (χ0v) is 11.1. The maximum atomic E-state index is 11.5. The van der Waals surface area contributed by atoms with E-state index in [1.807, 2.05) is 18.2 Å². The zero-order chi connectivity index (χ0) is 12.5. The first kappa shape index (κ1) is 11.6. The Morgan fingerprint density at radius 3 is 2.83 bits per heavy atom. The summed E-state index contributed by atoms with van der Waals surface area (Å²) >= 11 is 2.73. The van der Waals surface area contributed by atoms with Crippen LogP contribution in [0.1, 0.15) is 22.8 Å². The fourth-order valence-electron chi connectivity index (χ4n) is 2.21. The van der Waals surface area contributed by atoms with E-state index in [4.69, 9.17) is 5.26 Å². The highest BCUT2D eigenvalue weighted by atomic mass is 32.2. The van der Waals surface area contributed by atoms with Crippen LogP contribution in [0.25, 0.3) is 0 Å². The minimum Gasteiger partial charge on any atom is -0.307 e. The molecule has 0 unspecified atom stereocenters. The van der Waals surface area contributed by atoms with Gasteiger partial charge in [0.15, 0.2) is 0 Å². The van der Waals surface area contributed by atoms with Gasteiger partial charge in [-0.25, -0.2) is 0 Å². The summed E-state index contributed by atoms with van der Waals surface area (Å²) in [4.78, 5) is 15.4. The lowest BCUT2D eigenvalue weighted by molar-refractivity contribution is 0.720.